The van der Waals surface area contributed by atoms with Gasteiger partial charge >= 0.3 is 0 Å². The van der Waals surface area contributed by atoms with Crippen molar-refractivity contribution < 1.29 is 13.2 Å². The Balaban J connectivity index is 2.11. The van der Waals surface area contributed by atoms with Crippen LogP contribution in [0.3, 0.4) is 0 Å². The normalized spacial score (nSPS) is 18.3. The number of nitrogens with one attached hydrogen (secondary N) is 1. The zero-order valence-electron chi connectivity index (χ0n) is 15.1. The minimum Gasteiger partial charge on any atom is -0.325 e. The van der Waals surface area contributed by atoms with Crippen LogP contribution in [0.15, 0.2) is 29.2 Å². The van der Waals surface area contributed by atoms with Gasteiger partial charge in [-0.15, -0.1) is 0 Å². The molecule has 1 fully saturated rings. The lowest BCUT2D eigenvalue weighted by Crippen LogP contribution is -2.47. The zero-order valence-corrected chi connectivity index (χ0v) is 15.9. The molecule has 1 atom stereocenters. The van der Waals surface area contributed by atoms with Gasteiger partial charge in [-0.2, -0.15) is 4.31 Å². The molecule has 25 heavy (non-hydrogen) atoms. The van der Waals surface area contributed by atoms with Gasteiger partial charge < -0.3 is 16.0 Å². The van der Waals surface area contributed by atoms with Gasteiger partial charge in [0.2, 0.25) is 15.9 Å². The molecule has 0 radical (unpaired) electrons. The van der Waals surface area contributed by atoms with Crippen molar-refractivity contribution in [3.05, 3.63) is 24.3 Å². The van der Waals surface area contributed by atoms with Crippen molar-refractivity contribution in [2.75, 3.05) is 38.5 Å². The summed E-state index contributed by atoms with van der Waals surface area (Å²) in [5.74, 6) is 0.00698. The van der Waals surface area contributed by atoms with Crippen LogP contribution in [0, 0.1) is 5.92 Å². The number of nitrogens with zero attached hydrogens (tertiary/aromatic N) is 2. The van der Waals surface area contributed by atoms with Crippen LogP contribution < -0.4 is 11.1 Å². The maximum atomic E-state index is 12.8. The number of benzene rings is 1. The molecule has 1 aromatic carbocycles. The number of nitrogens with two attached hydrogens (primary N) is 1. The van der Waals surface area contributed by atoms with Gasteiger partial charge in [-0.1, -0.05) is 19.9 Å². The van der Waals surface area contributed by atoms with Crippen LogP contribution in [0.25, 0.3) is 0 Å². The van der Waals surface area contributed by atoms with E-state index in [1.54, 1.807) is 18.2 Å². The van der Waals surface area contributed by atoms with Crippen LogP contribution >= 0.6 is 0 Å². The topological polar surface area (TPSA) is 95.7 Å². The number of amides is 1. The first kappa shape index (κ1) is 19.8. The molecule has 0 aromatic heterocycles. The Morgan fingerprint density at radius 3 is 2.48 bits per heavy atom. The van der Waals surface area contributed by atoms with Gasteiger partial charge in [0.15, 0.2) is 0 Å². The Hall–Kier alpha value is -1.48. The Labute approximate surface area is 150 Å². The standard InChI is InChI=1S/C17H28N4O3S/c1-13(2)11-16(18)17(22)19-14-5-4-6-15(12-14)25(23,24)21-9-7-20(3)8-10-21/h4-6,12-13,16H,7-11,18H2,1-3H3,(H,19,22)/t16-/m0/s1. The molecule has 0 bridgehead atoms. The quantitative estimate of drug-likeness (QED) is 0.779. The molecule has 0 unspecified atom stereocenters. The van der Waals surface area contributed by atoms with Gasteiger partial charge in [0.1, 0.15) is 0 Å². The summed E-state index contributed by atoms with van der Waals surface area (Å²) in [7, 11) is -1.59. The lowest BCUT2D eigenvalue weighted by Gasteiger charge is -2.31. The summed E-state index contributed by atoms with van der Waals surface area (Å²) >= 11 is 0. The molecule has 1 heterocycles. The lowest BCUT2D eigenvalue weighted by atomic mass is 10.0. The number of likely N-dealkylation sites (N-methyl/N-ethyl adjacent to an activating group) is 1. The van der Waals surface area contributed by atoms with Gasteiger partial charge in [-0.25, -0.2) is 8.42 Å². The van der Waals surface area contributed by atoms with Gasteiger partial charge in [0, 0.05) is 31.9 Å². The molecule has 1 amide bonds. The average Bonchev–Trinajstić information content (AvgIpc) is 2.55. The van der Waals surface area contributed by atoms with Gasteiger partial charge in [-0.3, -0.25) is 4.79 Å². The third-order valence-electron chi connectivity index (χ3n) is 4.26. The molecule has 1 aliphatic heterocycles. The maximum Gasteiger partial charge on any atom is 0.243 e. The van der Waals surface area contributed by atoms with Gasteiger partial charge in [0.05, 0.1) is 10.9 Å². The molecule has 0 saturated carbocycles. The number of carbonyl (C=O) groups excluding carboxylic acids is 1. The van der Waals surface area contributed by atoms with Crippen LogP contribution in [0.1, 0.15) is 20.3 Å². The molecule has 3 N–H and O–H groups in total. The van der Waals surface area contributed by atoms with Crippen molar-refractivity contribution in [2.45, 2.75) is 31.2 Å². The molecule has 1 saturated heterocycles. The largest absolute Gasteiger partial charge is 0.325 e. The average molecular weight is 369 g/mol. The highest BCUT2D eigenvalue weighted by Crippen LogP contribution is 2.21. The third-order valence-corrected chi connectivity index (χ3v) is 6.16. The van der Waals surface area contributed by atoms with Crippen molar-refractivity contribution >= 4 is 21.6 Å². The number of rotatable bonds is 6. The highest BCUT2D eigenvalue weighted by molar-refractivity contribution is 7.89. The van der Waals surface area contributed by atoms with Crippen molar-refractivity contribution in [3.8, 4) is 0 Å². The summed E-state index contributed by atoms with van der Waals surface area (Å²) in [5.41, 5.74) is 6.32. The second-order valence-corrected chi connectivity index (χ2v) is 8.90. The molecule has 1 aliphatic rings. The highest BCUT2D eigenvalue weighted by atomic mass is 32.2. The minimum absolute atomic E-state index is 0.187. The molecular weight excluding hydrogens is 340 g/mol. The number of carbonyl (C=O) groups is 1. The smallest absolute Gasteiger partial charge is 0.243 e. The van der Waals surface area contributed by atoms with E-state index in [2.05, 4.69) is 10.2 Å². The fourth-order valence-corrected chi connectivity index (χ4v) is 4.23. The number of anilines is 1. The summed E-state index contributed by atoms with van der Waals surface area (Å²) in [5, 5.41) is 2.71. The Kier molecular flexibility index (Phi) is 6.56. The van der Waals surface area contributed by atoms with Crippen LogP contribution in [0.5, 0.6) is 0 Å². The van der Waals surface area contributed by atoms with Crippen LogP contribution in [-0.2, 0) is 14.8 Å². The number of piperazine rings is 1. The Morgan fingerprint density at radius 2 is 1.88 bits per heavy atom. The molecule has 0 aliphatic carbocycles. The molecule has 8 heteroatoms. The van der Waals surface area contributed by atoms with Crippen LogP contribution in [0.2, 0.25) is 0 Å². The van der Waals surface area contributed by atoms with Crippen molar-refractivity contribution in [1.82, 2.24) is 9.21 Å². The molecule has 7 nitrogen and oxygen atoms in total. The summed E-state index contributed by atoms with van der Waals surface area (Å²) in [6.07, 6.45) is 0.575. The van der Waals surface area contributed by atoms with Crippen LogP contribution in [0.4, 0.5) is 5.69 Å². The number of hydrogen-bond acceptors (Lipinski definition) is 5. The number of hydrogen-bond donors (Lipinski definition) is 2. The fraction of sp³-hybridized carbons (Fsp3) is 0.588. The molecule has 0 spiro atoms. The van der Waals surface area contributed by atoms with Crippen LogP contribution in [-0.4, -0.2) is 62.8 Å². The predicted octanol–water partition coefficient (Wildman–Crippen LogP) is 0.935. The van der Waals surface area contributed by atoms with E-state index in [0.717, 1.165) is 0 Å². The fourth-order valence-electron chi connectivity index (χ4n) is 2.76. The van der Waals surface area contributed by atoms with Crippen molar-refractivity contribution in [2.24, 2.45) is 11.7 Å². The van der Waals surface area contributed by atoms with Gasteiger partial charge in [0.25, 0.3) is 0 Å². The molecular formula is C17H28N4O3S. The van der Waals surface area contributed by atoms with Gasteiger partial charge in [-0.05, 0) is 37.6 Å². The van der Waals surface area contributed by atoms with E-state index >= 15 is 0 Å². The summed E-state index contributed by atoms with van der Waals surface area (Å²) in [6.45, 7) is 6.34. The Morgan fingerprint density at radius 1 is 1.24 bits per heavy atom. The first-order valence-corrected chi connectivity index (χ1v) is 9.99. The second kappa shape index (κ2) is 8.27. The molecule has 2 rings (SSSR count). The maximum absolute atomic E-state index is 12.8. The Bertz CT molecular complexity index is 698. The monoisotopic (exact) mass is 368 g/mol. The van der Waals surface area contributed by atoms with E-state index in [-0.39, 0.29) is 10.8 Å². The highest BCUT2D eigenvalue weighted by Gasteiger charge is 2.27. The minimum atomic E-state index is -3.56. The first-order valence-electron chi connectivity index (χ1n) is 8.55. The second-order valence-electron chi connectivity index (χ2n) is 6.96. The SMILES string of the molecule is CC(C)C[C@H](N)C(=O)Nc1cccc(S(=O)(=O)N2CCN(C)CC2)c1. The van der Waals surface area contributed by atoms with Crippen molar-refractivity contribution in [3.63, 3.8) is 0 Å². The van der Waals surface area contributed by atoms with E-state index in [4.69, 9.17) is 5.73 Å². The first-order chi connectivity index (χ1) is 11.7. The zero-order chi connectivity index (χ0) is 18.6. The lowest BCUT2D eigenvalue weighted by molar-refractivity contribution is -0.117. The number of sulfonamides is 1. The van der Waals surface area contributed by atoms with E-state index in [1.165, 1.54) is 10.4 Å². The van der Waals surface area contributed by atoms with E-state index in [9.17, 15) is 13.2 Å². The van der Waals surface area contributed by atoms with E-state index < -0.39 is 16.1 Å². The summed E-state index contributed by atoms with van der Waals surface area (Å²) in [4.78, 5) is 14.4. The molecule has 140 valence electrons. The predicted molar refractivity (Wildman–Crippen MR) is 98.8 cm³/mol. The van der Waals surface area contributed by atoms with E-state index in [0.29, 0.717) is 44.2 Å². The third kappa shape index (κ3) is 5.24. The molecule has 1 aromatic rings. The van der Waals surface area contributed by atoms with Crippen molar-refractivity contribution in [1.29, 1.82) is 0 Å². The summed E-state index contributed by atoms with van der Waals surface area (Å²) < 4.78 is 27.0. The summed E-state index contributed by atoms with van der Waals surface area (Å²) in [6, 6.07) is 5.73. The van der Waals surface area contributed by atoms with E-state index in [1.807, 2.05) is 20.9 Å².